The van der Waals surface area contributed by atoms with Crippen LogP contribution in [0.25, 0.3) is 6.08 Å². The summed E-state index contributed by atoms with van der Waals surface area (Å²) < 4.78 is 13.1. The SMILES string of the molecule is Cc1cccc([N+](=O)[O-])c1/C=C1\C(=O)N(C)C(Cc2ccc(F)cc2)C(=O)N1C. The molecule has 150 valence electrons. The van der Waals surface area contributed by atoms with Crippen LogP contribution in [0.4, 0.5) is 10.1 Å². The predicted molar refractivity (Wildman–Crippen MR) is 105 cm³/mol. The van der Waals surface area contributed by atoms with E-state index in [9.17, 15) is 24.1 Å². The van der Waals surface area contributed by atoms with Gasteiger partial charge in [-0.1, -0.05) is 24.3 Å². The van der Waals surface area contributed by atoms with Gasteiger partial charge in [0, 0.05) is 26.6 Å². The Kier molecular flexibility index (Phi) is 5.45. The van der Waals surface area contributed by atoms with E-state index < -0.39 is 16.9 Å². The first kappa shape index (κ1) is 20.2. The lowest BCUT2D eigenvalue weighted by Gasteiger charge is -2.38. The van der Waals surface area contributed by atoms with Gasteiger partial charge in [-0.05, 0) is 36.3 Å². The molecule has 0 spiro atoms. The van der Waals surface area contributed by atoms with Gasteiger partial charge in [0.25, 0.3) is 11.6 Å². The molecule has 0 bridgehead atoms. The van der Waals surface area contributed by atoms with E-state index in [1.165, 1.54) is 48.2 Å². The third-order valence-corrected chi connectivity index (χ3v) is 5.11. The van der Waals surface area contributed by atoms with Crippen molar-refractivity contribution in [2.75, 3.05) is 14.1 Å². The summed E-state index contributed by atoms with van der Waals surface area (Å²) in [5, 5.41) is 11.4. The molecule has 0 radical (unpaired) electrons. The molecule has 29 heavy (non-hydrogen) atoms. The van der Waals surface area contributed by atoms with Crippen molar-refractivity contribution in [1.29, 1.82) is 0 Å². The largest absolute Gasteiger partial charge is 0.328 e. The molecule has 1 aliphatic rings. The summed E-state index contributed by atoms with van der Waals surface area (Å²) in [6, 6.07) is 9.63. The van der Waals surface area contributed by atoms with Gasteiger partial charge in [-0.3, -0.25) is 19.7 Å². The number of carbonyl (C=O) groups excluding carboxylic acids is 2. The summed E-state index contributed by atoms with van der Waals surface area (Å²) in [5.74, 6) is -1.12. The number of nitro groups is 1. The topological polar surface area (TPSA) is 83.8 Å². The average molecular weight is 397 g/mol. The first-order valence-corrected chi connectivity index (χ1v) is 8.95. The highest BCUT2D eigenvalue weighted by molar-refractivity contribution is 6.07. The van der Waals surface area contributed by atoms with Gasteiger partial charge in [0.05, 0.1) is 10.5 Å². The van der Waals surface area contributed by atoms with Crippen LogP contribution in [0, 0.1) is 22.9 Å². The van der Waals surface area contributed by atoms with Crippen LogP contribution in [0.5, 0.6) is 0 Å². The van der Waals surface area contributed by atoms with Crippen LogP contribution >= 0.6 is 0 Å². The van der Waals surface area contributed by atoms with Crippen LogP contribution in [0.1, 0.15) is 16.7 Å². The number of likely N-dealkylation sites (N-methyl/N-ethyl adjacent to an activating group) is 2. The summed E-state index contributed by atoms with van der Waals surface area (Å²) in [6.45, 7) is 1.70. The fourth-order valence-electron chi connectivity index (χ4n) is 3.35. The van der Waals surface area contributed by atoms with Crippen LogP contribution in [-0.4, -0.2) is 46.7 Å². The maximum Gasteiger partial charge on any atom is 0.276 e. The Hall–Kier alpha value is -3.55. The number of rotatable bonds is 4. The van der Waals surface area contributed by atoms with Crippen molar-refractivity contribution in [3.05, 3.63) is 80.8 Å². The first-order valence-electron chi connectivity index (χ1n) is 8.95. The Labute approximate surface area is 167 Å². The minimum Gasteiger partial charge on any atom is -0.328 e. The van der Waals surface area contributed by atoms with Crippen LogP contribution in [0.15, 0.2) is 48.2 Å². The highest BCUT2D eigenvalue weighted by Crippen LogP contribution is 2.28. The van der Waals surface area contributed by atoms with E-state index in [4.69, 9.17) is 0 Å². The van der Waals surface area contributed by atoms with Gasteiger partial charge in [-0.25, -0.2) is 4.39 Å². The van der Waals surface area contributed by atoms with E-state index in [1.807, 2.05) is 0 Å². The number of amides is 2. The van der Waals surface area contributed by atoms with E-state index in [1.54, 1.807) is 31.2 Å². The molecule has 7 nitrogen and oxygen atoms in total. The second-order valence-electron chi connectivity index (χ2n) is 6.95. The minimum absolute atomic E-state index is 0.0604. The van der Waals surface area contributed by atoms with Crippen molar-refractivity contribution in [2.24, 2.45) is 0 Å². The molecule has 1 atom stereocenters. The lowest BCUT2D eigenvalue weighted by Crippen LogP contribution is -2.56. The van der Waals surface area contributed by atoms with Gasteiger partial charge in [-0.15, -0.1) is 0 Å². The molecule has 8 heteroatoms. The fourth-order valence-corrected chi connectivity index (χ4v) is 3.35. The van der Waals surface area contributed by atoms with E-state index in [-0.39, 0.29) is 35.1 Å². The maximum atomic E-state index is 13.1. The zero-order chi connectivity index (χ0) is 21.3. The molecule has 2 amide bonds. The molecule has 1 aliphatic heterocycles. The molecule has 2 aromatic rings. The zero-order valence-corrected chi connectivity index (χ0v) is 16.3. The van der Waals surface area contributed by atoms with E-state index in [0.717, 1.165) is 5.56 Å². The number of aryl methyl sites for hydroxylation is 1. The number of benzene rings is 2. The van der Waals surface area contributed by atoms with Crippen molar-refractivity contribution < 1.29 is 18.9 Å². The highest BCUT2D eigenvalue weighted by Gasteiger charge is 2.39. The predicted octanol–water partition coefficient (Wildman–Crippen LogP) is 2.92. The third kappa shape index (κ3) is 3.87. The number of hydrogen-bond acceptors (Lipinski definition) is 4. The minimum atomic E-state index is -0.748. The monoisotopic (exact) mass is 397 g/mol. The molecule has 1 heterocycles. The molecule has 1 saturated heterocycles. The number of piperazine rings is 1. The first-order chi connectivity index (χ1) is 13.7. The summed E-state index contributed by atoms with van der Waals surface area (Å²) >= 11 is 0. The van der Waals surface area contributed by atoms with Crippen LogP contribution < -0.4 is 0 Å². The molecule has 3 rings (SSSR count). The molecular formula is C21H20FN3O4. The van der Waals surface area contributed by atoms with Crippen LogP contribution in [-0.2, 0) is 16.0 Å². The van der Waals surface area contributed by atoms with E-state index in [2.05, 4.69) is 0 Å². The van der Waals surface area contributed by atoms with Gasteiger partial charge in [0.2, 0.25) is 5.91 Å². The number of nitrogens with zero attached hydrogens (tertiary/aromatic N) is 3. The zero-order valence-electron chi connectivity index (χ0n) is 16.3. The van der Waals surface area contributed by atoms with Gasteiger partial charge in [0.1, 0.15) is 17.6 Å². The molecular weight excluding hydrogens is 377 g/mol. The Bertz CT molecular complexity index is 1020. The molecule has 0 N–H and O–H groups in total. The van der Waals surface area contributed by atoms with E-state index >= 15 is 0 Å². The molecule has 2 aromatic carbocycles. The van der Waals surface area contributed by atoms with Crippen LogP contribution in [0.3, 0.4) is 0 Å². The number of nitro benzene ring substituents is 1. The Balaban J connectivity index is 1.96. The lowest BCUT2D eigenvalue weighted by atomic mass is 9.99. The summed E-state index contributed by atoms with van der Waals surface area (Å²) in [4.78, 5) is 39.3. The average Bonchev–Trinajstić information content (AvgIpc) is 2.69. The molecule has 1 unspecified atom stereocenters. The Morgan fingerprint density at radius 1 is 1.14 bits per heavy atom. The summed E-state index contributed by atoms with van der Waals surface area (Å²) in [6.07, 6.45) is 1.63. The van der Waals surface area contributed by atoms with Gasteiger partial charge >= 0.3 is 0 Å². The Morgan fingerprint density at radius 3 is 2.41 bits per heavy atom. The van der Waals surface area contributed by atoms with Gasteiger partial charge < -0.3 is 9.80 Å². The number of carbonyl (C=O) groups is 2. The fraction of sp³-hybridized carbons (Fsp3) is 0.238. The lowest BCUT2D eigenvalue weighted by molar-refractivity contribution is -0.385. The van der Waals surface area contributed by atoms with E-state index in [0.29, 0.717) is 5.56 Å². The highest BCUT2D eigenvalue weighted by atomic mass is 19.1. The molecule has 0 aliphatic carbocycles. The molecule has 0 aromatic heterocycles. The maximum absolute atomic E-state index is 13.1. The van der Waals surface area contributed by atoms with Crippen molar-refractivity contribution in [3.63, 3.8) is 0 Å². The van der Waals surface area contributed by atoms with Gasteiger partial charge in [-0.2, -0.15) is 0 Å². The molecule has 1 fully saturated rings. The smallest absolute Gasteiger partial charge is 0.276 e. The Morgan fingerprint density at radius 2 is 1.79 bits per heavy atom. The summed E-state index contributed by atoms with van der Waals surface area (Å²) in [5.41, 5.74) is 1.55. The van der Waals surface area contributed by atoms with Crippen LogP contribution in [0.2, 0.25) is 0 Å². The van der Waals surface area contributed by atoms with Gasteiger partial charge in [0.15, 0.2) is 0 Å². The second-order valence-corrected chi connectivity index (χ2v) is 6.95. The quantitative estimate of drug-likeness (QED) is 0.451. The number of hydrogen-bond donors (Lipinski definition) is 0. The standard InChI is InChI=1S/C21H20FN3O4/c1-13-5-4-6-17(25(28)29)16(13)12-19-21(27)23(2)18(20(26)24(19)3)11-14-7-9-15(22)10-8-14/h4-10,12,18H,11H2,1-3H3/b19-12+. The second kappa shape index (κ2) is 7.83. The third-order valence-electron chi connectivity index (χ3n) is 5.11. The summed E-state index contributed by atoms with van der Waals surface area (Å²) in [7, 11) is 2.99. The van der Waals surface area contributed by atoms with Crippen molar-refractivity contribution >= 4 is 23.6 Å². The molecule has 0 saturated carbocycles. The van der Waals surface area contributed by atoms with Crippen molar-refractivity contribution in [3.8, 4) is 0 Å². The number of halogens is 1. The normalized spacial score (nSPS) is 18.5. The van der Waals surface area contributed by atoms with Crippen molar-refractivity contribution in [2.45, 2.75) is 19.4 Å². The van der Waals surface area contributed by atoms with Crippen molar-refractivity contribution in [1.82, 2.24) is 9.80 Å².